The summed E-state index contributed by atoms with van der Waals surface area (Å²) >= 11 is 1.50. The number of hydrogen-bond acceptors (Lipinski definition) is 5. The lowest BCUT2D eigenvalue weighted by Gasteiger charge is -2.29. The highest BCUT2D eigenvalue weighted by Gasteiger charge is 2.29. The van der Waals surface area contributed by atoms with Crippen LogP contribution in [-0.4, -0.2) is 32.7 Å². The van der Waals surface area contributed by atoms with Crippen molar-refractivity contribution in [2.24, 2.45) is 0 Å². The summed E-state index contributed by atoms with van der Waals surface area (Å²) in [6.07, 6.45) is 1.95. The predicted octanol–water partition coefficient (Wildman–Crippen LogP) is 4.36. The SMILES string of the molecule is C[C@H](c1ccccc1)n1cnc2sc3c(c2c1=O)CCN(C(=O)OC(C)(C)C)C3. The summed E-state index contributed by atoms with van der Waals surface area (Å²) in [6.45, 7) is 8.59. The van der Waals surface area contributed by atoms with E-state index in [0.29, 0.717) is 24.9 Å². The summed E-state index contributed by atoms with van der Waals surface area (Å²) in [6, 6.07) is 9.84. The van der Waals surface area contributed by atoms with Crippen molar-refractivity contribution in [2.75, 3.05) is 6.54 Å². The second-order valence-electron chi connectivity index (χ2n) is 8.38. The fourth-order valence-corrected chi connectivity index (χ4v) is 4.84. The van der Waals surface area contributed by atoms with Gasteiger partial charge in [0.25, 0.3) is 5.56 Å². The van der Waals surface area contributed by atoms with Gasteiger partial charge in [-0.05, 0) is 45.2 Å². The van der Waals surface area contributed by atoms with Gasteiger partial charge in [0.05, 0.1) is 24.3 Å². The van der Waals surface area contributed by atoms with Crippen molar-refractivity contribution < 1.29 is 9.53 Å². The number of rotatable bonds is 2. The molecule has 0 saturated heterocycles. The van der Waals surface area contributed by atoms with Gasteiger partial charge in [-0.3, -0.25) is 9.36 Å². The Bertz CT molecular complexity index is 1110. The molecule has 6 nitrogen and oxygen atoms in total. The number of thiophene rings is 1. The van der Waals surface area contributed by atoms with E-state index in [4.69, 9.17) is 4.74 Å². The Morgan fingerprint density at radius 1 is 1.24 bits per heavy atom. The molecular weight excluding hydrogens is 386 g/mol. The molecule has 7 heteroatoms. The lowest BCUT2D eigenvalue weighted by atomic mass is 10.1. The number of fused-ring (bicyclic) bond motifs is 3. The van der Waals surface area contributed by atoms with Crippen molar-refractivity contribution >= 4 is 27.6 Å². The quantitative estimate of drug-likeness (QED) is 0.628. The van der Waals surface area contributed by atoms with E-state index in [-0.39, 0.29) is 17.7 Å². The van der Waals surface area contributed by atoms with Crippen LogP contribution in [0.5, 0.6) is 0 Å². The second kappa shape index (κ2) is 7.30. The highest BCUT2D eigenvalue weighted by Crippen LogP contribution is 2.33. The van der Waals surface area contributed by atoms with Gasteiger partial charge in [0.2, 0.25) is 0 Å². The number of aromatic nitrogens is 2. The fraction of sp³-hybridized carbons (Fsp3) is 0.409. The van der Waals surface area contributed by atoms with Crippen LogP contribution in [-0.2, 0) is 17.7 Å². The van der Waals surface area contributed by atoms with Gasteiger partial charge in [0, 0.05) is 11.4 Å². The van der Waals surface area contributed by atoms with Gasteiger partial charge in [-0.2, -0.15) is 0 Å². The van der Waals surface area contributed by atoms with Gasteiger partial charge in [-0.25, -0.2) is 9.78 Å². The number of ether oxygens (including phenoxy) is 1. The molecule has 0 unspecified atom stereocenters. The zero-order chi connectivity index (χ0) is 20.8. The van der Waals surface area contributed by atoms with Gasteiger partial charge in [0.15, 0.2) is 0 Å². The maximum absolute atomic E-state index is 13.3. The minimum absolute atomic E-state index is 0.0189. The number of hydrogen-bond donors (Lipinski definition) is 0. The van der Waals surface area contributed by atoms with Crippen LogP contribution in [0.15, 0.2) is 41.5 Å². The first-order chi connectivity index (χ1) is 13.7. The van der Waals surface area contributed by atoms with Crippen LogP contribution in [0.1, 0.15) is 49.7 Å². The van der Waals surface area contributed by atoms with Gasteiger partial charge in [-0.1, -0.05) is 30.3 Å². The molecule has 1 atom stereocenters. The summed E-state index contributed by atoms with van der Waals surface area (Å²) in [5.41, 5.74) is 1.54. The van der Waals surface area contributed by atoms with E-state index < -0.39 is 5.60 Å². The predicted molar refractivity (Wildman–Crippen MR) is 114 cm³/mol. The van der Waals surface area contributed by atoms with E-state index in [1.54, 1.807) is 15.8 Å². The second-order valence-corrected chi connectivity index (χ2v) is 9.46. The van der Waals surface area contributed by atoms with Gasteiger partial charge in [-0.15, -0.1) is 11.3 Å². The number of carbonyl (C=O) groups excluding carboxylic acids is 1. The third kappa shape index (κ3) is 3.79. The molecule has 152 valence electrons. The maximum atomic E-state index is 13.3. The van der Waals surface area contributed by atoms with Crippen LogP contribution < -0.4 is 5.56 Å². The largest absolute Gasteiger partial charge is 0.444 e. The Kier molecular flexibility index (Phi) is 4.94. The molecule has 0 N–H and O–H groups in total. The molecule has 3 heterocycles. The van der Waals surface area contributed by atoms with E-state index in [9.17, 15) is 9.59 Å². The normalized spacial score (nSPS) is 15.2. The number of carbonyl (C=O) groups is 1. The Hall–Kier alpha value is -2.67. The van der Waals surface area contributed by atoms with Crippen molar-refractivity contribution in [3.8, 4) is 0 Å². The lowest BCUT2D eigenvalue weighted by molar-refractivity contribution is 0.0227. The smallest absolute Gasteiger partial charge is 0.410 e. The highest BCUT2D eigenvalue weighted by atomic mass is 32.1. The minimum Gasteiger partial charge on any atom is -0.444 e. The first-order valence-electron chi connectivity index (χ1n) is 9.79. The maximum Gasteiger partial charge on any atom is 0.410 e. The van der Waals surface area contributed by atoms with Gasteiger partial charge >= 0.3 is 6.09 Å². The van der Waals surface area contributed by atoms with E-state index >= 15 is 0 Å². The van der Waals surface area contributed by atoms with Crippen molar-refractivity contribution in [1.82, 2.24) is 14.5 Å². The molecule has 0 fully saturated rings. The zero-order valence-electron chi connectivity index (χ0n) is 17.1. The summed E-state index contributed by atoms with van der Waals surface area (Å²) in [7, 11) is 0. The molecule has 0 spiro atoms. The number of amides is 1. The topological polar surface area (TPSA) is 64.4 Å². The summed E-state index contributed by atoms with van der Waals surface area (Å²) in [4.78, 5) is 33.8. The monoisotopic (exact) mass is 411 g/mol. The molecule has 0 saturated carbocycles. The molecule has 3 aromatic rings. The Morgan fingerprint density at radius 3 is 2.66 bits per heavy atom. The molecule has 4 rings (SSSR count). The summed E-state index contributed by atoms with van der Waals surface area (Å²) < 4.78 is 7.20. The molecule has 29 heavy (non-hydrogen) atoms. The van der Waals surface area contributed by atoms with Gasteiger partial charge < -0.3 is 9.64 Å². The lowest BCUT2D eigenvalue weighted by Crippen LogP contribution is -2.39. The first-order valence-corrected chi connectivity index (χ1v) is 10.6. The van der Waals surface area contributed by atoms with Crippen molar-refractivity contribution in [1.29, 1.82) is 0 Å². The Morgan fingerprint density at radius 2 is 1.97 bits per heavy atom. The van der Waals surface area contributed by atoms with Crippen LogP contribution in [0.2, 0.25) is 0 Å². The van der Waals surface area contributed by atoms with Crippen LogP contribution in [0.4, 0.5) is 4.79 Å². The molecule has 0 aliphatic carbocycles. The van der Waals surface area contributed by atoms with Crippen LogP contribution in [0, 0.1) is 0 Å². The Balaban J connectivity index is 1.68. The average Bonchev–Trinajstić information content (AvgIpc) is 3.05. The molecule has 0 radical (unpaired) electrons. The molecule has 1 aliphatic heterocycles. The van der Waals surface area contributed by atoms with Crippen LogP contribution >= 0.6 is 11.3 Å². The fourth-order valence-electron chi connectivity index (χ4n) is 3.65. The molecule has 1 aromatic carbocycles. The minimum atomic E-state index is -0.527. The van der Waals surface area contributed by atoms with E-state index in [1.807, 2.05) is 58.0 Å². The van der Waals surface area contributed by atoms with E-state index in [2.05, 4.69) is 4.98 Å². The summed E-state index contributed by atoms with van der Waals surface area (Å²) in [5.74, 6) is 0. The molecule has 0 bridgehead atoms. The summed E-state index contributed by atoms with van der Waals surface area (Å²) in [5, 5.41) is 0.694. The van der Waals surface area contributed by atoms with E-state index in [1.165, 1.54) is 11.3 Å². The Labute approximate surface area is 173 Å². The molecule has 2 aromatic heterocycles. The molecule has 1 amide bonds. The average molecular weight is 412 g/mol. The third-order valence-electron chi connectivity index (χ3n) is 5.14. The van der Waals surface area contributed by atoms with Crippen molar-refractivity contribution in [3.05, 3.63) is 63.0 Å². The third-order valence-corrected chi connectivity index (χ3v) is 6.26. The standard InChI is InChI=1S/C22H25N3O3S/c1-14(15-8-6-5-7-9-15)25-13-23-19-18(20(25)26)16-10-11-24(12-17(16)29-19)21(27)28-22(2,3)4/h5-9,13-14H,10-12H2,1-4H3/t14-/m1/s1. The first kappa shape index (κ1) is 19.6. The number of benzene rings is 1. The van der Waals surface area contributed by atoms with Crippen LogP contribution in [0.3, 0.4) is 0 Å². The van der Waals surface area contributed by atoms with Gasteiger partial charge in [0.1, 0.15) is 10.4 Å². The highest BCUT2D eigenvalue weighted by molar-refractivity contribution is 7.18. The van der Waals surface area contributed by atoms with Crippen LogP contribution in [0.25, 0.3) is 10.2 Å². The van der Waals surface area contributed by atoms with Crippen molar-refractivity contribution in [3.63, 3.8) is 0 Å². The van der Waals surface area contributed by atoms with Crippen molar-refractivity contribution in [2.45, 2.75) is 52.3 Å². The molecule has 1 aliphatic rings. The van der Waals surface area contributed by atoms with E-state index in [0.717, 1.165) is 20.8 Å². The molecular formula is C22H25N3O3S. The zero-order valence-corrected chi connectivity index (χ0v) is 18.0. The number of nitrogens with zero attached hydrogens (tertiary/aromatic N) is 3.